The van der Waals surface area contributed by atoms with Gasteiger partial charge in [-0.1, -0.05) is 41.4 Å². The zero-order valence-corrected chi connectivity index (χ0v) is 23.3. The monoisotopic (exact) mass is 547 g/mol. The van der Waals surface area contributed by atoms with Gasteiger partial charge in [0.25, 0.3) is 0 Å². The molecular weight excluding hydrogens is 518 g/mol. The van der Waals surface area contributed by atoms with Gasteiger partial charge in [-0.15, -0.1) is 11.3 Å². The first kappa shape index (κ1) is 24.9. The SMILES string of the molecule is COc1cc(OC)c(NC(=O)N2Cc3c(sc4c3CCCC4)-n3cccc3[C@@H]2c2cccc(C)c2)cc1Cl. The molecule has 0 radical (unpaired) electrons. The Balaban J connectivity index is 1.49. The molecule has 0 unspecified atom stereocenters. The summed E-state index contributed by atoms with van der Waals surface area (Å²) < 4.78 is 13.2. The lowest BCUT2D eigenvalue weighted by Crippen LogP contribution is -2.38. The largest absolute Gasteiger partial charge is 0.495 e. The fourth-order valence-electron chi connectivity index (χ4n) is 5.72. The van der Waals surface area contributed by atoms with E-state index in [1.165, 1.54) is 33.8 Å². The number of carbonyl (C=O) groups is 1. The van der Waals surface area contributed by atoms with Gasteiger partial charge in [0.2, 0.25) is 0 Å². The van der Waals surface area contributed by atoms with Crippen LogP contribution in [-0.2, 0) is 19.4 Å². The molecule has 1 atom stereocenters. The number of fused-ring (bicyclic) bond motifs is 5. The highest BCUT2D eigenvalue weighted by atomic mass is 35.5. The summed E-state index contributed by atoms with van der Waals surface area (Å²) in [5.74, 6) is 0.972. The number of aromatic nitrogens is 1. The van der Waals surface area contributed by atoms with E-state index in [4.69, 9.17) is 21.1 Å². The van der Waals surface area contributed by atoms with Crippen LogP contribution >= 0.6 is 22.9 Å². The van der Waals surface area contributed by atoms with Crippen LogP contribution in [0.1, 0.15) is 51.7 Å². The van der Waals surface area contributed by atoms with Crippen LogP contribution in [0.5, 0.6) is 11.5 Å². The summed E-state index contributed by atoms with van der Waals surface area (Å²) in [6.07, 6.45) is 6.71. The fraction of sp³-hybridized carbons (Fsp3) is 0.300. The van der Waals surface area contributed by atoms with Gasteiger partial charge >= 0.3 is 6.03 Å². The lowest BCUT2D eigenvalue weighted by molar-refractivity contribution is 0.194. The average Bonchev–Trinajstić information content (AvgIpc) is 3.50. The van der Waals surface area contributed by atoms with Crippen molar-refractivity contribution in [2.45, 2.75) is 45.2 Å². The molecule has 196 valence electrons. The number of urea groups is 1. The number of methoxy groups -OCH3 is 2. The Bertz CT molecular complexity index is 1530. The second-order valence-electron chi connectivity index (χ2n) is 9.86. The van der Waals surface area contributed by atoms with E-state index in [2.05, 4.69) is 59.4 Å². The maximum atomic E-state index is 14.2. The molecule has 2 amide bonds. The van der Waals surface area contributed by atoms with Crippen LogP contribution in [0.15, 0.2) is 54.7 Å². The molecule has 38 heavy (non-hydrogen) atoms. The molecular formula is C30H30ClN3O3S. The molecule has 3 heterocycles. The minimum atomic E-state index is -0.275. The van der Waals surface area contributed by atoms with Gasteiger partial charge in [0, 0.05) is 22.7 Å². The summed E-state index contributed by atoms with van der Waals surface area (Å²) >= 11 is 8.31. The summed E-state index contributed by atoms with van der Waals surface area (Å²) in [7, 11) is 3.12. The summed E-state index contributed by atoms with van der Waals surface area (Å²) in [6, 6.07) is 15.5. The molecule has 8 heteroatoms. The van der Waals surface area contributed by atoms with E-state index < -0.39 is 0 Å². The number of halogens is 1. The molecule has 0 fully saturated rings. The number of benzene rings is 2. The number of ether oxygens (including phenoxy) is 2. The van der Waals surface area contributed by atoms with Crippen LogP contribution in [0.25, 0.3) is 5.00 Å². The molecule has 6 rings (SSSR count). The zero-order valence-electron chi connectivity index (χ0n) is 21.7. The van der Waals surface area contributed by atoms with Gasteiger partial charge in [0.05, 0.1) is 43.2 Å². The second-order valence-corrected chi connectivity index (χ2v) is 11.4. The molecule has 1 N–H and O–H groups in total. The highest BCUT2D eigenvalue weighted by Crippen LogP contribution is 2.44. The van der Waals surface area contributed by atoms with E-state index in [1.54, 1.807) is 26.4 Å². The summed E-state index contributed by atoms with van der Waals surface area (Å²) in [4.78, 5) is 17.6. The van der Waals surface area contributed by atoms with Crippen LogP contribution in [0.3, 0.4) is 0 Å². The maximum absolute atomic E-state index is 14.2. The average molecular weight is 548 g/mol. The van der Waals surface area contributed by atoms with Gasteiger partial charge < -0.3 is 24.3 Å². The number of hydrogen-bond acceptors (Lipinski definition) is 4. The first-order valence-electron chi connectivity index (χ1n) is 12.8. The standard InChI is InChI=1S/C30H30ClN3O3S/c1-18-8-6-9-19(14-18)28-24-11-7-13-33(24)29-21(20-10-4-5-12-27(20)38-29)17-34(28)30(35)32-23-15-22(31)25(36-2)16-26(23)37-3/h6-9,11,13-16,28H,4-5,10,12,17H2,1-3H3,(H,32,35)/t28-/m0/s1. The lowest BCUT2D eigenvalue weighted by Gasteiger charge is -2.32. The number of rotatable bonds is 4. The van der Waals surface area contributed by atoms with E-state index in [9.17, 15) is 4.79 Å². The minimum Gasteiger partial charge on any atom is -0.495 e. The second kappa shape index (κ2) is 10.0. The normalized spacial score (nSPS) is 16.2. The number of thiophene rings is 1. The highest BCUT2D eigenvalue weighted by molar-refractivity contribution is 7.15. The van der Waals surface area contributed by atoms with Crippen molar-refractivity contribution in [2.24, 2.45) is 0 Å². The van der Waals surface area contributed by atoms with Crippen molar-refractivity contribution >= 4 is 34.7 Å². The van der Waals surface area contributed by atoms with Crippen molar-refractivity contribution in [3.8, 4) is 16.5 Å². The molecule has 6 nitrogen and oxygen atoms in total. The van der Waals surface area contributed by atoms with Crippen LogP contribution in [0.4, 0.5) is 10.5 Å². The highest BCUT2D eigenvalue weighted by Gasteiger charge is 2.36. The number of nitrogens with zero attached hydrogens (tertiary/aromatic N) is 2. The van der Waals surface area contributed by atoms with Crippen molar-refractivity contribution < 1.29 is 14.3 Å². The summed E-state index contributed by atoms with van der Waals surface area (Å²) in [5, 5.41) is 4.74. The summed E-state index contributed by atoms with van der Waals surface area (Å²) in [6.45, 7) is 2.60. The predicted octanol–water partition coefficient (Wildman–Crippen LogP) is 7.53. The molecule has 2 aromatic heterocycles. The van der Waals surface area contributed by atoms with Crippen LogP contribution in [-0.4, -0.2) is 29.7 Å². The Hall–Kier alpha value is -3.42. The first-order chi connectivity index (χ1) is 18.5. The predicted molar refractivity (Wildman–Crippen MR) is 152 cm³/mol. The molecule has 1 aliphatic carbocycles. The zero-order chi connectivity index (χ0) is 26.4. The third-order valence-corrected chi connectivity index (χ3v) is 9.14. The molecule has 2 aromatic carbocycles. The van der Waals surface area contributed by atoms with Crippen molar-refractivity contribution in [1.82, 2.24) is 9.47 Å². The van der Waals surface area contributed by atoms with Gasteiger partial charge in [0.15, 0.2) is 0 Å². The third-order valence-electron chi connectivity index (χ3n) is 7.51. The molecule has 1 aliphatic heterocycles. The van der Waals surface area contributed by atoms with E-state index in [0.29, 0.717) is 28.8 Å². The van der Waals surface area contributed by atoms with Gasteiger partial charge in [-0.05, 0) is 61.9 Å². The van der Waals surface area contributed by atoms with Crippen molar-refractivity contribution in [1.29, 1.82) is 0 Å². The van der Waals surface area contributed by atoms with Crippen LogP contribution in [0, 0.1) is 6.92 Å². The number of hydrogen-bond donors (Lipinski definition) is 1. The lowest BCUT2D eigenvalue weighted by atomic mass is 9.95. The number of carbonyl (C=O) groups excluding carboxylic acids is 1. The van der Waals surface area contributed by atoms with Gasteiger partial charge in [-0.3, -0.25) is 0 Å². The Kier molecular flexibility index (Phi) is 6.58. The van der Waals surface area contributed by atoms with Gasteiger partial charge in [-0.25, -0.2) is 4.79 Å². The third kappa shape index (κ3) is 4.24. The number of amides is 2. The molecule has 4 aromatic rings. The van der Waals surface area contributed by atoms with Gasteiger partial charge in [0.1, 0.15) is 16.5 Å². The van der Waals surface area contributed by atoms with Crippen molar-refractivity contribution in [3.05, 3.63) is 92.6 Å². The minimum absolute atomic E-state index is 0.215. The molecule has 0 spiro atoms. The maximum Gasteiger partial charge on any atom is 0.323 e. The van der Waals surface area contributed by atoms with E-state index in [0.717, 1.165) is 29.7 Å². The summed E-state index contributed by atoms with van der Waals surface area (Å²) in [5.41, 5.74) is 6.47. The quantitative estimate of drug-likeness (QED) is 0.287. The number of aryl methyl sites for hydroxylation is 2. The van der Waals surface area contributed by atoms with E-state index in [1.807, 2.05) is 16.2 Å². The molecule has 0 saturated carbocycles. The molecule has 0 saturated heterocycles. The molecule has 2 aliphatic rings. The molecule has 0 bridgehead atoms. The van der Waals surface area contributed by atoms with Gasteiger partial charge in [-0.2, -0.15) is 0 Å². The first-order valence-corrected chi connectivity index (χ1v) is 14.0. The van der Waals surface area contributed by atoms with Crippen LogP contribution < -0.4 is 14.8 Å². The topological polar surface area (TPSA) is 55.7 Å². The van der Waals surface area contributed by atoms with Crippen LogP contribution in [0.2, 0.25) is 5.02 Å². The number of nitrogens with one attached hydrogen (secondary N) is 1. The number of anilines is 1. The Morgan fingerprint density at radius 1 is 1.03 bits per heavy atom. The Morgan fingerprint density at radius 2 is 1.84 bits per heavy atom. The van der Waals surface area contributed by atoms with Crippen molar-refractivity contribution in [3.63, 3.8) is 0 Å². The van der Waals surface area contributed by atoms with E-state index in [-0.39, 0.29) is 12.1 Å². The fourth-order valence-corrected chi connectivity index (χ4v) is 7.37. The Morgan fingerprint density at radius 3 is 2.63 bits per heavy atom. The van der Waals surface area contributed by atoms with E-state index >= 15 is 0 Å². The smallest absolute Gasteiger partial charge is 0.323 e. The Labute approximate surface area is 231 Å². The van der Waals surface area contributed by atoms with Crippen molar-refractivity contribution in [2.75, 3.05) is 19.5 Å².